The number of hydrogen-bond acceptors (Lipinski definition) is 8. The zero-order chi connectivity index (χ0) is 39.9. The van der Waals surface area contributed by atoms with Gasteiger partial charge in [0.05, 0.1) is 13.2 Å². The molecule has 0 fully saturated rings. The molecule has 0 aliphatic rings. The molecule has 54 heavy (non-hydrogen) atoms. The van der Waals surface area contributed by atoms with E-state index in [4.69, 9.17) is 37.9 Å². The third kappa shape index (κ3) is 18.7. The fraction of sp³-hybridized carbons (Fsp3) is 0.263. The molecular formula is C38H38Br2Cl2F2N4O6. The topological polar surface area (TPSA) is 130 Å². The summed E-state index contributed by atoms with van der Waals surface area (Å²) in [4.78, 5) is 37.1. The Labute approximate surface area is 339 Å². The van der Waals surface area contributed by atoms with Crippen LogP contribution in [0.5, 0.6) is 5.75 Å². The molecule has 16 heteroatoms. The summed E-state index contributed by atoms with van der Waals surface area (Å²) in [6.07, 6.45) is 1.59. The maximum atomic E-state index is 13.5. The van der Waals surface area contributed by atoms with Gasteiger partial charge in [-0.1, -0.05) is 56.1 Å². The Kier molecular flexibility index (Phi) is 21.8. The fourth-order valence-electron chi connectivity index (χ4n) is 4.17. The van der Waals surface area contributed by atoms with Crippen molar-refractivity contribution in [3.8, 4) is 12.0 Å². The van der Waals surface area contributed by atoms with Crippen LogP contribution in [0, 0.1) is 23.2 Å². The average molecular weight is 915 g/mol. The molecule has 0 spiro atoms. The van der Waals surface area contributed by atoms with Gasteiger partial charge in [0, 0.05) is 40.8 Å². The monoisotopic (exact) mass is 912 g/mol. The lowest BCUT2D eigenvalue weighted by molar-refractivity contribution is -0.143. The number of benzene rings is 4. The van der Waals surface area contributed by atoms with E-state index in [1.54, 1.807) is 80.8 Å². The van der Waals surface area contributed by atoms with E-state index >= 15 is 0 Å². The first kappa shape index (κ1) is 45.9. The number of hydrogen-bond donors (Lipinski definition) is 2. The highest BCUT2D eigenvalue weighted by molar-refractivity contribution is 9.10. The van der Waals surface area contributed by atoms with Crippen molar-refractivity contribution in [2.45, 2.75) is 37.7 Å². The summed E-state index contributed by atoms with van der Waals surface area (Å²) in [5, 5.41) is 12.1. The lowest BCUT2D eigenvalue weighted by Crippen LogP contribution is -2.41. The van der Waals surface area contributed by atoms with E-state index in [2.05, 4.69) is 47.2 Å². The highest BCUT2D eigenvalue weighted by Gasteiger charge is 2.24. The van der Waals surface area contributed by atoms with Crippen molar-refractivity contribution in [1.29, 1.82) is 5.26 Å². The molecule has 288 valence electrons. The Morgan fingerprint density at radius 3 is 1.85 bits per heavy atom. The second-order valence-corrected chi connectivity index (χ2v) is 13.7. The summed E-state index contributed by atoms with van der Waals surface area (Å²) >= 11 is 18.5. The van der Waals surface area contributed by atoms with E-state index in [-0.39, 0.29) is 32.1 Å². The zero-order valence-electron chi connectivity index (χ0n) is 29.2. The molecule has 0 radical (unpaired) electrons. The smallest absolute Gasteiger partial charge is 0.325 e. The van der Waals surface area contributed by atoms with Gasteiger partial charge in [-0.25, -0.2) is 13.6 Å². The van der Waals surface area contributed by atoms with Crippen LogP contribution in [0.15, 0.2) is 106 Å². The highest BCUT2D eigenvalue weighted by atomic mass is 79.9. The first-order chi connectivity index (χ1) is 25.8. The van der Waals surface area contributed by atoms with Crippen LogP contribution in [0.3, 0.4) is 0 Å². The first-order valence-corrected chi connectivity index (χ1v) is 18.7. The molecule has 0 saturated heterocycles. The molecule has 10 nitrogen and oxygen atoms in total. The standard InChI is InChI=1S/C19H19BrClFN2O3.C12H15ClFNO2.C7H4BrNO/c1-2-27-18(25)17(21)12-24(11-13-4-3-5-15(22)10-13)19(26)23-16-8-6-14(20)7-9-16;1-2-17-12(16)11(13)8-15-7-9-4-3-5-10(14)6-9;8-6-1-3-7(4-2-6)10-5-9/h3-10,17H,2,11-12H2,1H3,(H,23,26);3-6,11,15H,2,7-8H2,1H3;1-4H. The number of rotatable bonds is 14. The summed E-state index contributed by atoms with van der Waals surface area (Å²) in [5.41, 5.74) is 1.96. The molecule has 0 heterocycles. The summed E-state index contributed by atoms with van der Waals surface area (Å²) in [5.74, 6) is -1.18. The second-order valence-electron chi connectivity index (χ2n) is 10.8. The molecule has 0 aliphatic heterocycles. The van der Waals surface area contributed by atoms with Crippen molar-refractivity contribution in [2.24, 2.45) is 0 Å². The number of esters is 2. The maximum Gasteiger partial charge on any atom is 0.325 e. The molecule has 4 aromatic rings. The summed E-state index contributed by atoms with van der Waals surface area (Å²) < 4.78 is 42.4. The molecule has 4 aromatic carbocycles. The highest BCUT2D eigenvalue weighted by Crippen LogP contribution is 2.17. The SMILES string of the molecule is CCOC(=O)C(Cl)CN(Cc1cccc(F)c1)C(=O)Nc1ccc(Br)cc1.CCOC(=O)C(Cl)CNCc1cccc(F)c1.N#COc1ccc(Br)cc1. The molecular weight excluding hydrogens is 877 g/mol. The van der Waals surface area contributed by atoms with Crippen LogP contribution in [0.2, 0.25) is 0 Å². The number of amides is 2. The van der Waals surface area contributed by atoms with Gasteiger partial charge >= 0.3 is 18.0 Å². The largest absolute Gasteiger partial charge is 0.465 e. The molecule has 2 N–H and O–H groups in total. The number of nitrogens with zero attached hydrogens (tertiary/aromatic N) is 2. The van der Waals surface area contributed by atoms with Gasteiger partial charge in [0.1, 0.15) is 28.1 Å². The molecule has 0 aliphatic carbocycles. The van der Waals surface area contributed by atoms with E-state index in [0.29, 0.717) is 30.2 Å². The quantitative estimate of drug-likeness (QED) is 0.0728. The zero-order valence-corrected chi connectivity index (χ0v) is 33.9. The van der Waals surface area contributed by atoms with Gasteiger partial charge in [0.2, 0.25) is 0 Å². The van der Waals surface area contributed by atoms with Crippen LogP contribution in [-0.4, -0.2) is 59.9 Å². The Hall–Kier alpha value is -4.26. The number of urea groups is 1. The predicted molar refractivity (Wildman–Crippen MR) is 211 cm³/mol. The van der Waals surface area contributed by atoms with Crippen LogP contribution in [0.1, 0.15) is 25.0 Å². The molecule has 0 aromatic heterocycles. The lowest BCUT2D eigenvalue weighted by Gasteiger charge is -2.25. The molecule has 2 unspecified atom stereocenters. The summed E-state index contributed by atoms with van der Waals surface area (Å²) in [6, 6.07) is 25.8. The summed E-state index contributed by atoms with van der Waals surface area (Å²) in [6.45, 7) is 4.65. The van der Waals surface area contributed by atoms with E-state index in [0.717, 1.165) is 14.5 Å². The van der Waals surface area contributed by atoms with Gasteiger partial charge in [0.15, 0.2) is 0 Å². The normalized spacial score (nSPS) is 11.2. The Bertz CT molecular complexity index is 1800. The van der Waals surface area contributed by atoms with Crippen molar-refractivity contribution in [2.75, 3.05) is 31.6 Å². The van der Waals surface area contributed by atoms with E-state index < -0.39 is 34.5 Å². The van der Waals surface area contributed by atoms with E-state index in [1.165, 1.54) is 29.2 Å². The van der Waals surface area contributed by atoms with Crippen molar-refractivity contribution in [3.63, 3.8) is 0 Å². The first-order valence-electron chi connectivity index (χ1n) is 16.3. The lowest BCUT2D eigenvalue weighted by atomic mass is 10.2. The Morgan fingerprint density at radius 1 is 0.796 bits per heavy atom. The van der Waals surface area contributed by atoms with E-state index in [9.17, 15) is 23.2 Å². The van der Waals surface area contributed by atoms with E-state index in [1.807, 2.05) is 12.1 Å². The number of halogens is 6. The van der Waals surface area contributed by atoms with Gasteiger partial charge in [-0.15, -0.1) is 28.5 Å². The predicted octanol–water partition coefficient (Wildman–Crippen LogP) is 9.19. The number of carbonyl (C=O) groups excluding carboxylic acids is 3. The van der Waals surface area contributed by atoms with Gasteiger partial charge in [-0.2, -0.15) is 0 Å². The van der Waals surface area contributed by atoms with Gasteiger partial charge in [-0.3, -0.25) is 9.59 Å². The minimum absolute atomic E-state index is 0.0841. The third-order valence-electron chi connectivity index (χ3n) is 6.63. The van der Waals surface area contributed by atoms with Crippen molar-refractivity contribution in [3.05, 3.63) is 129 Å². The number of carbonyl (C=O) groups is 3. The van der Waals surface area contributed by atoms with Gasteiger partial charge < -0.3 is 29.7 Å². The average Bonchev–Trinajstić information content (AvgIpc) is 3.14. The molecule has 4 rings (SSSR count). The second kappa shape index (κ2) is 25.7. The van der Waals surface area contributed by atoms with Crippen molar-refractivity contribution in [1.82, 2.24) is 10.2 Å². The molecule has 2 amide bonds. The Balaban J connectivity index is 0.000000316. The van der Waals surface area contributed by atoms with Gasteiger partial charge in [-0.05, 0) is 97.8 Å². The number of nitriles is 1. The minimum Gasteiger partial charge on any atom is -0.465 e. The molecule has 0 bridgehead atoms. The maximum absolute atomic E-state index is 13.5. The van der Waals surface area contributed by atoms with Crippen LogP contribution in [-0.2, 0) is 32.2 Å². The molecule has 2 atom stereocenters. The Morgan fingerprint density at radius 2 is 1.31 bits per heavy atom. The third-order valence-corrected chi connectivity index (χ3v) is 8.34. The van der Waals surface area contributed by atoms with Crippen molar-refractivity contribution >= 4 is 78.7 Å². The number of ether oxygens (including phenoxy) is 3. The summed E-state index contributed by atoms with van der Waals surface area (Å²) in [7, 11) is 0. The van der Waals surface area contributed by atoms with Gasteiger partial charge in [0.25, 0.3) is 6.26 Å². The number of alkyl halides is 2. The van der Waals surface area contributed by atoms with Crippen molar-refractivity contribution < 1.29 is 37.4 Å². The fourth-order valence-corrected chi connectivity index (χ4v) is 5.10. The van der Waals surface area contributed by atoms with Crippen LogP contribution < -0.4 is 15.4 Å². The van der Waals surface area contributed by atoms with Crippen LogP contribution in [0.25, 0.3) is 0 Å². The molecule has 0 saturated carbocycles. The van der Waals surface area contributed by atoms with Crippen LogP contribution in [0.4, 0.5) is 19.3 Å². The minimum atomic E-state index is -1.03. The number of nitrogens with one attached hydrogen (secondary N) is 2. The van der Waals surface area contributed by atoms with Crippen LogP contribution >= 0.6 is 55.1 Å². The number of anilines is 1.